The number of halogens is 1. The van der Waals surface area contributed by atoms with Crippen LogP contribution in [0.15, 0.2) is 36.9 Å². The van der Waals surface area contributed by atoms with Crippen molar-refractivity contribution in [3.05, 3.63) is 48.0 Å². The molecule has 24 heavy (non-hydrogen) atoms. The van der Waals surface area contributed by atoms with Crippen molar-refractivity contribution in [2.45, 2.75) is 19.4 Å². The van der Waals surface area contributed by atoms with Crippen LogP contribution in [0.3, 0.4) is 0 Å². The first-order valence-electron chi connectivity index (χ1n) is 7.12. The van der Waals surface area contributed by atoms with E-state index in [0.29, 0.717) is 5.56 Å². The molecule has 1 rings (SSSR count). The molecule has 0 aliphatic rings. The molecule has 0 aliphatic carbocycles. The Hall–Kier alpha value is -2.54. The minimum absolute atomic E-state index is 0. The van der Waals surface area contributed by atoms with Crippen LogP contribution in [0, 0.1) is 5.41 Å². The Morgan fingerprint density at radius 2 is 1.96 bits per heavy atom. The summed E-state index contributed by atoms with van der Waals surface area (Å²) in [7, 11) is 0. The number of benzene rings is 1. The predicted octanol–water partition coefficient (Wildman–Crippen LogP) is 1.78. The number of carbonyl (C=O) groups excluding carboxylic acids is 2. The topological polar surface area (TPSA) is 115 Å². The summed E-state index contributed by atoms with van der Waals surface area (Å²) in [6.45, 7) is 5.39. The SMILES string of the molecule is C=CCOC(=O)N[C@@H](Cc1ccc(C(=N)N)cc1)C(=O)OCC.Cl. The minimum atomic E-state index is -0.865. The normalized spacial score (nSPS) is 10.7. The molecule has 7 nitrogen and oxygen atoms in total. The Labute approximate surface area is 147 Å². The van der Waals surface area contributed by atoms with Crippen LogP contribution < -0.4 is 11.1 Å². The van der Waals surface area contributed by atoms with Gasteiger partial charge in [0.1, 0.15) is 18.5 Å². The third-order valence-corrected chi connectivity index (χ3v) is 2.90. The lowest BCUT2D eigenvalue weighted by Gasteiger charge is -2.17. The van der Waals surface area contributed by atoms with Crippen molar-refractivity contribution in [3.8, 4) is 0 Å². The Morgan fingerprint density at radius 1 is 1.33 bits per heavy atom. The molecule has 0 saturated carbocycles. The molecule has 132 valence electrons. The van der Waals surface area contributed by atoms with E-state index < -0.39 is 18.1 Å². The van der Waals surface area contributed by atoms with Gasteiger partial charge in [0, 0.05) is 12.0 Å². The van der Waals surface area contributed by atoms with Gasteiger partial charge in [0.25, 0.3) is 0 Å². The molecule has 0 radical (unpaired) electrons. The van der Waals surface area contributed by atoms with E-state index in [1.807, 2.05) is 0 Å². The molecule has 0 fully saturated rings. The number of hydrogen-bond acceptors (Lipinski definition) is 5. The molecule has 0 saturated heterocycles. The predicted molar refractivity (Wildman–Crippen MR) is 93.5 cm³/mol. The number of amides is 1. The van der Waals surface area contributed by atoms with Gasteiger partial charge in [-0.2, -0.15) is 0 Å². The number of amidine groups is 1. The maximum Gasteiger partial charge on any atom is 0.408 e. The standard InChI is InChI=1S/C16H21N3O4.ClH/c1-3-9-23-16(21)19-13(15(20)22-4-2)10-11-5-7-12(8-6-11)14(17)18;/h3,5-8,13H,1,4,9-10H2,2H3,(H3,17,18)(H,19,21);1H/t13-;/m0./s1. The third kappa shape index (κ3) is 7.15. The molecule has 1 atom stereocenters. The average Bonchev–Trinajstić information content (AvgIpc) is 2.53. The Bertz CT molecular complexity index is 575. The number of alkyl carbamates (subject to hydrolysis) is 1. The van der Waals surface area contributed by atoms with Gasteiger partial charge in [-0.3, -0.25) is 5.41 Å². The van der Waals surface area contributed by atoms with E-state index in [0.717, 1.165) is 5.56 Å². The number of rotatable bonds is 8. The number of carbonyl (C=O) groups is 2. The van der Waals surface area contributed by atoms with E-state index in [4.69, 9.17) is 20.6 Å². The number of nitrogens with one attached hydrogen (secondary N) is 2. The molecule has 1 amide bonds. The summed E-state index contributed by atoms with van der Waals surface area (Å²) in [5.74, 6) is -0.580. The van der Waals surface area contributed by atoms with Gasteiger partial charge in [-0.15, -0.1) is 12.4 Å². The van der Waals surface area contributed by atoms with Gasteiger partial charge < -0.3 is 20.5 Å². The van der Waals surface area contributed by atoms with Gasteiger partial charge in [0.05, 0.1) is 6.61 Å². The fourth-order valence-electron chi connectivity index (χ4n) is 1.81. The van der Waals surface area contributed by atoms with Crippen molar-refractivity contribution in [2.75, 3.05) is 13.2 Å². The molecule has 1 aromatic rings. The number of hydrogen-bond donors (Lipinski definition) is 3. The van der Waals surface area contributed by atoms with Crippen LogP contribution in [-0.2, 0) is 20.7 Å². The van der Waals surface area contributed by atoms with Crippen LogP contribution in [0.2, 0.25) is 0 Å². The molecule has 1 aromatic carbocycles. The van der Waals surface area contributed by atoms with Crippen LogP contribution in [0.1, 0.15) is 18.1 Å². The second kappa shape index (κ2) is 11.1. The summed E-state index contributed by atoms with van der Waals surface area (Å²) in [4.78, 5) is 23.6. The van der Waals surface area contributed by atoms with Crippen LogP contribution in [0.5, 0.6) is 0 Å². The maximum atomic E-state index is 12.0. The Morgan fingerprint density at radius 3 is 2.46 bits per heavy atom. The fourth-order valence-corrected chi connectivity index (χ4v) is 1.81. The minimum Gasteiger partial charge on any atom is -0.464 e. The number of esters is 1. The van der Waals surface area contributed by atoms with Crippen molar-refractivity contribution in [3.63, 3.8) is 0 Å². The van der Waals surface area contributed by atoms with Crippen molar-refractivity contribution >= 4 is 30.3 Å². The van der Waals surface area contributed by atoms with Crippen LogP contribution in [0.4, 0.5) is 4.79 Å². The molecule has 0 heterocycles. The lowest BCUT2D eigenvalue weighted by molar-refractivity contribution is -0.145. The maximum absolute atomic E-state index is 12.0. The highest BCUT2D eigenvalue weighted by molar-refractivity contribution is 5.94. The summed E-state index contributed by atoms with van der Waals surface area (Å²) in [6.07, 6.45) is 0.947. The van der Waals surface area contributed by atoms with E-state index in [1.165, 1.54) is 6.08 Å². The number of ether oxygens (including phenoxy) is 2. The van der Waals surface area contributed by atoms with Gasteiger partial charge in [-0.05, 0) is 12.5 Å². The molecule has 0 aliphatic heterocycles. The molecule has 4 N–H and O–H groups in total. The van der Waals surface area contributed by atoms with E-state index >= 15 is 0 Å². The summed E-state index contributed by atoms with van der Waals surface area (Å²) in [5.41, 5.74) is 6.76. The van der Waals surface area contributed by atoms with Gasteiger partial charge in [-0.1, -0.05) is 36.9 Å². The van der Waals surface area contributed by atoms with Crippen LogP contribution in [-0.4, -0.2) is 37.2 Å². The number of nitrogen functional groups attached to an aromatic ring is 1. The third-order valence-electron chi connectivity index (χ3n) is 2.90. The highest BCUT2D eigenvalue weighted by Gasteiger charge is 2.23. The second-order valence-corrected chi connectivity index (χ2v) is 4.65. The Balaban J connectivity index is 0.00000529. The first kappa shape index (κ1) is 21.5. The molecule has 0 spiro atoms. The van der Waals surface area contributed by atoms with Gasteiger partial charge >= 0.3 is 12.1 Å². The quantitative estimate of drug-likeness (QED) is 0.284. The highest BCUT2D eigenvalue weighted by atomic mass is 35.5. The van der Waals surface area contributed by atoms with E-state index in [2.05, 4.69) is 11.9 Å². The summed E-state index contributed by atoms with van der Waals surface area (Å²) >= 11 is 0. The average molecular weight is 356 g/mol. The van der Waals surface area contributed by atoms with Crippen molar-refractivity contribution in [1.29, 1.82) is 5.41 Å². The lowest BCUT2D eigenvalue weighted by Crippen LogP contribution is -2.43. The zero-order valence-corrected chi connectivity index (χ0v) is 14.2. The molecular weight excluding hydrogens is 334 g/mol. The first-order valence-corrected chi connectivity index (χ1v) is 7.12. The van der Waals surface area contributed by atoms with E-state index in [9.17, 15) is 9.59 Å². The largest absolute Gasteiger partial charge is 0.464 e. The van der Waals surface area contributed by atoms with Gasteiger partial charge in [-0.25, -0.2) is 9.59 Å². The number of nitrogens with two attached hydrogens (primary N) is 1. The summed E-state index contributed by atoms with van der Waals surface area (Å²) in [6, 6.07) is 5.96. The van der Waals surface area contributed by atoms with Crippen molar-refractivity contribution in [2.24, 2.45) is 5.73 Å². The molecule has 0 unspecified atom stereocenters. The van der Waals surface area contributed by atoms with Crippen LogP contribution in [0.25, 0.3) is 0 Å². The van der Waals surface area contributed by atoms with E-state index in [-0.39, 0.29) is 37.9 Å². The van der Waals surface area contributed by atoms with Crippen molar-refractivity contribution < 1.29 is 19.1 Å². The highest BCUT2D eigenvalue weighted by Crippen LogP contribution is 2.08. The van der Waals surface area contributed by atoms with E-state index in [1.54, 1.807) is 31.2 Å². The Kier molecular flexibility index (Phi) is 9.90. The van der Waals surface area contributed by atoms with Crippen LogP contribution >= 0.6 is 12.4 Å². The summed E-state index contributed by atoms with van der Waals surface area (Å²) < 4.78 is 9.78. The monoisotopic (exact) mass is 355 g/mol. The molecule has 8 heteroatoms. The molecule has 0 aromatic heterocycles. The summed E-state index contributed by atoms with van der Waals surface area (Å²) in [5, 5.41) is 9.82. The zero-order chi connectivity index (χ0) is 17.2. The van der Waals surface area contributed by atoms with Gasteiger partial charge in [0.2, 0.25) is 0 Å². The molecule has 0 bridgehead atoms. The first-order chi connectivity index (χ1) is 11.0. The second-order valence-electron chi connectivity index (χ2n) is 4.65. The fraction of sp³-hybridized carbons (Fsp3) is 0.312. The van der Waals surface area contributed by atoms with Gasteiger partial charge in [0.15, 0.2) is 0 Å². The zero-order valence-electron chi connectivity index (χ0n) is 13.4. The molecular formula is C16H22ClN3O4. The lowest BCUT2D eigenvalue weighted by atomic mass is 10.0. The van der Waals surface area contributed by atoms with Crippen molar-refractivity contribution in [1.82, 2.24) is 5.32 Å². The smallest absolute Gasteiger partial charge is 0.408 e.